The first-order chi connectivity index (χ1) is 9.11. The third kappa shape index (κ3) is 2.78. The number of rotatable bonds is 3. The molecular weight excluding hydrogens is 264 g/mol. The first kappa shape index (κ1) is 12.8. The van der Waals surface area contributed by atoms with Gasteiger partial charge in [0.1, 0.15) is 5.00 Å². The van der Waals surface area contributed by atoms with Crippen molar-refractivity contribution in [2.75, 3.05) is 5.32 Å². The summed E-state index contributed by atoms with van der Waals surface area (Å²) in [5.74, 6) is -1.54. The molecule has 2 N–H and O–H groups in total. The van der Waals surface area contributed by atoms with E-state index in [1.165, 1.54) is 12.1 Å². The van der Waals surface area contributed by atoms with Gasteiger partial charge in [-0.1, -0.05) is 6.07 Å². The molecule has 2 aromatic rings. The molecule has 0 bridgehead atoms. The van der Waals surface area contributed by atoms with Crippen LogP contribution < -0.4 is 5.32 Å². The highest BCUT2D eigenvalue weighted by atomic mass is 32.1. The number of nitriles is 1. The van der Waals surface area contributed by atoms with Crippen molar-refractivity contribution in [3.63, 3.8) is 0 Å². The maximum Gasteiger partial charge on any atom is 0.338 e. The lowest BCUT2D eigenvalue weighted by Gasteiger charge is -2.04. The monoisotopic (exact) mass is 272 g/mol. The largest absolute Gasteiger partial charge is 0.478 e. The smallest absolute Gasteiger partial charge is 0.338 e. The molecule has 1 heterocycles. The number of anilines is 1. The Morgan fingerprint density at radius 3 is 2.79 bits per heavy atom. The van der Waals surface area contributed by atoms with Gasteiger partial charge in [0.25, 0.3) is 5.91 Å². The Labute approximate surface area is 112 Å². The number of thiophene rings is 1. The summed E-state index contributed by atoms with van der Waals surface area (Å²) in [6.07, 6.45) is 0. The standard InChI is InChI=1S/C13H8N2O3S/c14-7-8-2-1-3-9(6-8)11(16)15-12-10(13(17)18)4-5-19-12/h1-6H,(H,15,16)(H,17,18). The number of carbonyl (C=O) groups is 2. The Bertz CT molecular complexity index is 685. The van der Waals surface area contributed by atoms with Gasteiger partial charge in [0.2, 0.25) is 0 Å². The van der Waals surface area contributed by atoms with Crippen molar-refractivity contribution in [1.29, 1.82) is 5.26 Å². The van der Waals surface area contributed by atoms with Gasteiger partial charge in [-0.3, -0.25) is 4.79 Å². The second kappa shape index (κ2) is 5.33. The van der Waals surface area contributed by atoms with Crippen LogP contribution in [-0.4, -0.2) is 17.0 Å². The molecule has 0 saturated carbocycles. The number of carbonyl (C=O) groups excluding carboxylic acids is 1. The lowest BCUT2D eigenvalue weighted by molar-refractivity contribution is 0.0698. The molecular formula is C13H8N2O3S. The fraction of sp³-hybridized carbons (Fsp3) is 0. The van der Waals surface area contributed by atoms with Crippen molar-refractivity contribution < 1.29 is 14.7 Å². The minimum absolute atomic E-state index is 0.0507. The molecule has 1 aromatic heterocycles. The van der Waals surface area contributed by atoms with Crippen LogP contribution in [0.4, 0.5) is 5.00 Å². The predicted molar refractivity (Wildman–Crippen MR) is 70.4 cm³/mol. The van der Waals surface area contributed by atoms with Crippen molar-refractivity contribution >= 4 is 28.2 Å². The highest BCUT2D eigenvalue weighted by Crippen LogP contribution is 2.23. The molecule has 0 aliphatic heterocycles. The van der Waals surface area contributed by atoms with Crippen molar-refractivity contribution in [1.82, 2.24) is 0 Å². The second-order valence-electron chi connectivity index (χ2n) is 3.62. The average molecular weight is 272 g/mol. The van der Waals surface area contributed by atoms with E-state index in [-0.39, 0.29) is 10.6 Å². The van der Waals surface area contributed by atoms with Crippen molar-refractivity contribution in [2.45, 2.75) is 0 Å². The number of hydrogen-bond donors (Lipinski definition) is 2. The zero-order chi connectivity index (χ0) is 13.8. The van der Waals surface area contributed by atoms with E-state index in [9.17, 15) is 9.59 Å². The average Bonchev–Trinajstić information content (AvgIpc) is 2.87. The summed E-state index contributed by atoms with van der Waals surface area (Å²) in [5, 5.41) is 22.1. The minimum atomic E-state index is -1.10. The van der Waals surface area contributed by atoms with Crippen LogP contribution in [0.25, 0.3) is 0 Å². The molecule has 0 saturated heterocycles. The quantitative estimate of drug-likeness (QED) is 0.898. The van der Waals surface area contributed by atoms with E-state index in [0.29, 0.717) is 11.1 Å². The molecule has 0 aliphatic rings. The number of carboxylic acid groups (broad SMARTS) is 1. The first-order valence-corrected chi connectivity index (χ1v) is 6.12. The lowest BCUT2D eigenvalue weighted by Crippen LogP contribution is -2.13. The molecule has 0 radical (unpaired) electrons. The van der Waals surface area contributed by atoms with Crippen LogP contribution in [0.5, 0.6) is 0 Å². The topological polar surface area (TPSA) is 90.2 Å². The molecule has 1 amide bonds. The molecule has 0 aliphatic carbocycles. The highest BCUT2D eigenvalue weighted by Gasteiger charge is 2.14. The van der Waals surface area contributed by atoms with Crippen LogP contribution in [0.3, 0.4) is 0 Å². The number of benzene rings is 1. The van der Waals surface area contributed by atoms with E-state index < -0.39 is 11.9 Å². The van der Waals surface area contributed by atoms with Gasteiger partial charge in [-0.2, -0.15) is 5.26 Å². The van der Waals surface area contributed by atoms with E-state index >= 15 is 0 Å². The third-order valence-electron chi connectivity index (χ3n) is 2.38. The number of hydrogen-bond acceptors (Lipinski definition) is 4. The molecule has 0 atom stereocenters. The Kier molecular flexibility index (Phi) is 3.59. The van der Waals surface area contributed by atoms with Crippen molar-refractivity contribution in [3.05, 3.63) is 52.4 Å². The second-order valence-corrected chi connectivity index (χ2v) is 4.53. The molecule has 1 aromatic carbocycles. The molecule has 2 rings (SSSR count). The number of nitrogens with zero attached hydrogens (tertiary/aromatic N) is 1. The van der Waals surface area contributed by atoms with Crippen molar-refractivity contribution in [2.24, 2.45) is 0 Å². The predicted octanol–water partition coefficient (Wildman–Crippen LogP) is 2.57. The van der Waals surface area contributed by atoms with Crippen LogP contribution in [0.2, 0.25) is 0 Å². The number of nitrogens with one attached hydrogen (secondary N) is 1. The van der Waals surface area contributed by atoms with Crippen LogP contribution in [0.1, 0.15) is 26.3 Å². The third-order valence-corrected chi connectivity index (χ3v) is 3.21. The van der Waals surface area contributed by atoms with Gasteiger partial charge in [-0.15, -0.1) is 11.3 Å². The fourth-order valence-electron chi connectivity index (χ4n) is 1.48. The first-order valence-electron chi connectivity index (χ1n) is 5.24. The Hall–Kier alpha value is -2.65. The zero-order valence-electron chi connectivity index (χ0n) is 9.58. The van der Waals surface area contributed by atoms with Crippen molar-refractivity contribution in [3.8, 4) is 6.07 Å². The maximum absolute atomic E-state index is 11.9. The van der Waals surface area contributed by atoms with Gasteiger partial charge in [0, 0.05) is 5.56 Å². The zero-order valence-corrected chi connectivity index (χ0v) is 10.4. The van der Waals surface area contributed by atoms with E-state index in [4.69, 9.17) is 10.4 Å². The van der Waals surface area contributed by atoms with Crippen LogP contribution in [0, 0.1) is 11.3 Å². The minimum Gasteiger partial charge on any atom is -0.478 e. The number of aromatic carboxylic acids is 1. The molecule has 0 spiro atoms. The Morgan fingerprint density at radius 2 is 2.11 bits per heavy atom. The Morgan fingerprint density at radius 1 is 1.32 bits per heavy atom. The number of carboxylic acids is 1. The fourth-order valence-corrected chi connectivity index (χ4v) is 2.25. The molecule has 19 heavy (non-hydrogen) atoms. The molecule has 6 heteroatoms. The molecule has 94 valence electrons. The maximum atomic E-state index is 11.9. The van der Waals surface area contributed by atoms with Gasteiger partial charge in [-0.05, 0) is 29.6 Å². The molecule has 5 nitrogen and oxygen atoms in total. The summed E-state index contributed by atoms with van der Waals surface area (Å²) in [6, 6.07) is 9.56. The summed E-state index contributed by atoms with van der Waals surface area (Å²) in [4.78, 5) is 22.9. The van der Waals surface area contributed by atoms with Crippen LogP contribution in [-0.2, 0) is 0 Å². The molecule has 0 fully saturated rings. The molecule has 0 unspecified atom stereocenters. The van der Waals surface area contributed by atoms with E-state index in [1.54, 1.807) is 23.6 Å². The van der Waals surface area contributed by atoms with E-state index in [2.05, 4.69) is 5.32 Å². The van der Waals surface area contributed by atoms with Gasteiger partial charge in [0.15, 0.2) is 0 Å². The van der Waals surface area contributed by atoms with Crippen LogP contribution >= 0.6 is 11.3 Å². The summed E-state index contributed by atoms with van der Waals surface area (Å²) < 4.78 is 0. The lowest BCUT2D eigenvalue weighted by atomic mass is 10.1. The van der Waals surface area contributed by atoms with Gasteiger partial charge in [0.05, 0.1) is 17.2 Å². The highest BCUT2D eigenvalue weighted by molar-refractivity contribution is 7.14. The van der Waals surface area contributed by atoms with Gasteiger partial charge in [-0.25, -0.2) is 4.79 Å². The summed E-state index contributed by atoms with van der Waals surface area (Å²) in [5.41, 5.74) is 0.732. The summed E-state index contributed by atoms with van der Waals surface area (Å²) in [7, 11) is 0. The SMILES string of the molecule is N#Cc1cccc(C(=O)Nc2sccc2C(=O)O)c1. The van der Waals surface area contributed by atoms with Crippen LogP contribution in [0.15, 0.2) is 35.7 Å². The van der Waals surface area contributed by atoms with Gasteiger partial charge < -0.3 is 10.4 Å². The van der Waals surface area contributed by atoms with E-state index in [1.807, 2.05) is 6.07 Å². The normalized spacial score (nSPS) is 9.63. The number of amides is 1. The summed E-state index contributed by atoms with van der Waals surface area (Å²) >= 11 is 1.13. The van der Waals surface area contributed by atoms with E-state index in [0.717, 1.165) is 11.3 Å². The van der Waals surface area contributed by atoms with Gasteiger partial charge >= 0.3 is 5.97 Å². The Balaban J connectivity index is 2.24. The summed E-state index contributed by atoms with van der Waals surface area (Å²) in [6.45, 7) is 0.